The fourth-order valence-corrected chi connectivity index (χ4v) is 2.10. The maximum atomic E-state index is 5.85. The van der Waals surface area contributed by atoms with E-state index in [1.54, 1.807) is 11.6 Å². The molecule has 1 nitrogen and oxygen atoms in total. The molecule has 0 aliphatic rings. The van der Waals surface area contributed by atoms with Crippen LogP contribution >= 0.6 is 34.5 Å². The van der Waals surface area contributed by atoms with E-state index < -0.39 is 0 Å². The van der Waals surface area contributed by atoms with Gasteiger partial charge in [-0.1, -0.05) is 23.2 Å². The minimum Gasteiger partial charge on any atom is -0.242 e. The largest absolute Gasteiger partial charge is 0.242 e. The predicted octanol–water partition coefficient (Wildman–Crippen LogP) is 3.92. The molecule has 4 heteroatoms. The average Bonchev–Trinajstić information content (AvgIpc) is 2.53. The Balaban J connectivity index is 2.53. The van der Waals surface area contributed by atoms with Crippen molar-refractivity contribution in [3.63, 3.8) is 0 Å². The lowest BCUT2D eigenvalue weighted by Gasteiger charge is -1.98. The van der Waals surface area contributed by atoms with Crippen LogP contribution in [0.5, 0.6) is 0 Å². The van der Waals surface area contributed by atoms with E-state index in [1.165, 1.54) is 11.3 Å². The summed E-state index contributed by atoms with van der Waals surface area (Å²) in [7, 11) is 0. The van der Waals surface area contributed by atoms with Crippen LogP contribution < -0.4 is 0 Å². The summed E-state index contributed by atoms with van der Waals surface area (Å²) in [5.41, 5.74) is 2.68. The van der Waals surface area contributed by atoms with Crippen LogP contribution in [0, 0.1) is 6.20 Å². The van der Waals surface area contributed by atoms with Crippen LogP contribution in [0.25, 0.3) is 10.4 Å². The fourth-order valence-electron chi connectivity index (χ4n) is 1.01. The van der Waals surface area contributed by atoms with E-state index in [1.807, 2.05) is 12.1 Å². The summed E-state index contributed by atoms with van der Waals surface area (Å²) < 4.78 is 0. The summed E-state index contributed by atoms with van der Waals surface area (Å²) >= 11 is 13.2. The van der Waals surface area contributed by atoms with Gasteiger partial charge in [0.1, 0.15) is 6.20 Å². The van der Waals surface area contributed by atoms with Gasteiger partial charge in [0.2, 0.25) is 0 Å². The molecule has 0 aliphatic carbocycles. The van der Waals surface area contributed by atoms with Crippen LogP contribution in [-0.4, -0.2) is 4.98 Å². The number of hydrogen-bond donors (Lipinski definition) is 0. The Bertz CT molecular complexity index is 391. The molecule has 0 spiro atoms. The van der Waals surface area contributed by atoms with Crippen LogP contribution in [0.1, 0.15) is 0 Å². The Morgan fingerprint density at radius 3 is 2.38 bits per heavy atom. The van der Waals surface area contributed by atoms with Crippen molar-refractivity contribution in [2.75, 3.05) is 0 Å². The number of aromatic nitrogens is 1. The molecule has 0 saturated heterocycles. The van der Waals surface area contributed by atoms with Crippen molar-refractivity contribution >= 4 is 34.5 Å². The molecule has 0 fully saturated rings. The van der Waals surface area contributed by atoms with Gasteiger partial charge in [0.25, 0.3) is 0 Å². The minimum atomic E-state index is 0.629. The molecule has 1 aromatic carbocycles. The molecule has 0 amide bonds. The summed E-state index contributed by atoms with van der Waals surface area (Å²) in [5, 5.41) is 1.26. The van der Waals surface area contributed by atoms with Gasteiger partial charge < -0.3 is 0 Å². The molecule has 2 rings (SSSR count). The molecule has 0 atom stereocenters. The van der Waals surface area contributed by atoms with Gasteiger partial charge in [0, 0.05) is 10.0 Å². The van der Waals surface area contributed by atoms with Gasteiger partial charge in [0.05, 0.1) is 10.4 Å². The van der Waals surface area contributed by atoms with Crippen molar-refractivity contribution < 1.29 is 0 Å². The second-order valence-corrected chi connectivity index (χ2v) is 4.18. The Hall–Kier alpha value is -0.570. The highest BCUT2D eigenvalue weighted by atomic mass is 35.5. The number of rotatable bonds is 1. The summed E-state index contributed by atoms with van der Waals surface area (Å²) in [6.07, 6.45) is 2.86. The van der Waals surface area contributed by atoms with E-state index >= 15 is 0 Å². The first kappa shape index (κ1) is 9.00. The molecule has 2 aromatic rings. The van der Waals surface area contributed by atoms with Gasteiger partial charge in [-0.3, -0.25) is 0 Å². The van der Waals surface area contributed by atoms with Crippen LogP contribution in [0.15, 0.2) is 23.7 Å². The lowest BCUT2D eigenvalue weighted by molar-refractivity contribution is 1.40. The monoisotopic (exact) mass is 228 g/mol. The molecule has 0 saturated carbocycles. The maximum absolute atomic E-state index is 5.85. The Labute approximate surface area is 90.0 Å². The highest BCUT2D eigenvalue weighted by Gasteiger charge is 2.02. The molecule has 1 heterocycles. The number of hydrogen-bond acceptors (Lipinski definition) is 2. The summed E-state index contributed by atoms with van der Waals surface area (Å²) in [6.45, 7) is 0. The summed E-state index contributed by atoms with van der Waals surface area (Å²) in [6, 6.07) is 5.39. The van der Waals surface area contributed by atoms with Gasteiger partial charge in [-0.2, -0.15) is 0 Å². The van der Waals surface area contributed by atoms with E-state index in [0.29, 0.717) is 10.0 Å². The smallest absolute Gasteiger partial charge is 0.109 e. The van der Waals surface area contributed by atoms with Crippen LogP contribution in [0.4, 0.5) is 0 Å². The van der Waals surface area contributed by atoms with E-state index in [2.05, 4.69) is 11.2 Å². The average molecular weight is 229 g/mol. The third-order valence-electron chi connectivity index (χ3n) is 1.51. The molecule has 0 unspecified atom stereocenters. The number of nitrogens with zero attached hydrogens (tertiary/aromatic N) is 1. The zero-order valence-electron chi connectivity index (χ0n) is 6.42. The van der Waals surface area contributed by atoms with Crippen molar-refractivity contribution in [3.8, 4) is 10.4 Å². The topological polar surface area (TPSA) is 12.9 Å². The van der Waals surface area contributed by atoms with Gasteiger partial charge in [-0.05, 0) is 23.8 Å². The molecular weight excluding hydrogens is 225 g/mol. The zero-order valence-corrected chi connectivity index (χ0v) is 8.75. The number of thiazole rings is 1. The lowest BCUT2D eigenvalue weighted by Crippen LogP contribution is -1.73. The number of halogens is 2. The molecule has 0 N–H and O–H groups in total. The third kappa shape index (κ3) is 2.02. The van der Waals surface area contributed by atoms with Crippen molar-refractivity contribution in [2.24, 2.45) is 0 Å². The molecule has 65 valence electrons. The molecule has 1 aromatic heterocycles. The normalized spacial score (nSPS) is 10.3. The Morgan fingerprint density at radius 1 is 1.15 bits per heavy atom. The van der Waals surface area contributed by atoms with E-state index in [4.69, 9.17) is 23.2 Å². The van der Waals surface area contributed by atoms with Crippen molar-refractivity contribution in [3.05, 3.63) is 40.0 Å². The Kier molecular flexibility index (Phi) is 2.54. The van der Waals surface area contributed by atoms with Crippen LogP contribution in [0.3, 0.4) is 0 Å². The van der Waals surface area contributed by atoms with Gasteiger partial charge in [0.15, 0.2) is 0 Å². The second kappa shape index (κ2) is 3.66. The zero-order chi connectivity index (χ0) is 9.26. The highest BCUT2D eigenvalue weighted by molar-refractivity contribution is 7.13. The first-order chi connectivity index (χ1) is 6.25. The van der Waals surface area contributed by atoms with Gasteiger partial charge >= 0.3 is 0 Å². The predicted molar refractivity (Wildman–Crippen MR) is 56.4 cm³/mol. The van der Waals surface area contributed by atoms with Crippen molar-refractivity contribution in [2.45, 2.75) is 0 Å². The van der Waals surface area contributed by atoms with Crippen LogP contribution in [-0.2, 0) is 0 Å². The Morgan fingerprint density at radius 2 is 1.85 bits per heavy atom. The minimum absolute atomic E-state index is 0.629. The van der Waals surface area contributed by atoms with Gasteiger partial charge in [-0.15, -0.1) is 11.3 Å². The molecule has 13 heavy (non-hydrogen) atoms. The molecule has 0 bridgehead atoms. The van der Waals surface area contributed by atoms with E-state index in [9.17, 15) is 0 Å². The van der Waals surface area contributed by atoms with Crippen molar-refractivity contribution in [1.82, 2.24) is 4.98 Å². The first-order valence-electron chi connectivity index (χ1n) is 3.53. The summed E-state index contributed by atoms with van der Waals surface area (Å²) in [5.74, 6) is 0. The van der Waals surface area contributed by atoms with Gasteiger partial charge in [-0.25, -0.2) is 4.98 Å². The highest BCUT2D eigenvalue weighted by Crippen LogP contribution is 2.28. The lowest BCUT2D eigenvalue weighted by atomic mass is 10.2. The third-order valence-corrected chi connectivity index (χ3v) is 2.72. The second-order valence-electron chi connectivity index (χ2n) is 2.45. The standard InChI is InChI=1S/C9H4Cl2NS/c10-7-1-6(2-8(11)3-7)9-4-12-5-13-9/h1-3,5H. The molecular formula is C9H4Cl2NS. The maximum Gasteiger partial charge on any atom is 0.109 e. The van der Waals surface area contributed by atoms with E-state index in [0.717, 1.165) is 10.4 Å². The number of benzene rings is 1. The summed E-state index contributed by atoms with van der Waals surface area (Å²) in [4.78, 5) is 4.81. The molecule has 0 aliphatic heterocycles. The fraction of sp³-hybridized carbons (Fsp3) is 0. The van der Waals surface area contributed by atoms with Crippen LogP contribution in [0.2, 0.25) is 10.0 Å². The SMILES string of the molecule is Clc1cc(Cl)cc(-c2[c]ncs2)c1. The molecule has 1 radical (unpaired) electrons. The first-order valence-corrected chi connectivity index (χ1v) is 5.17. The van der Waals surface area contributed by atoms with E-state index in [-0.39, 0.29) is 0 Å². The van der Waals surface area contributed by atoms with Crippen molar-refractivity contribution in [1.29, 1.82) is 0 Å². The quantitative estimate of drug-likeness (QED) is 0.722.